The van der Waals surface area contributed by atoms with Crippen molar-refractivity contribution in [3.63, 3.8) is 0 Å². The second kappa shape index (κ2) is 6.15. The van der Waals surface area contributed by atoms with Crippen molar-refractivity contribution in [2.45, 2.75) is 32.1 Å². The van der Waals surface area contributed by atoms with Crippen molar-refractivity contribution in [2.75, 3.05) is 37.7 Å². The van der Waals surface area contributed by atoms with Crippen molar-refractivity contribution in [3.8, 4) is 0 Å². The Morgan fingerprint density at radius 3 is 2.75 bits per heavy atom. The van der Waals surface area contributed by atoms with E-state index in [4.69, 9.17) is 10.5 Å². The maximum absolute atomic E-state index is 6.13. The zero-order chi connectivity index (χ0) is 13.8. The fourth-order valence-electron chi connectivity index (χ4n) is 3.57. The lowest BCUT2D eigenvalue weighted by molar-refractivity contribution is 0.0224. The molecule has 0 aliphatic carbocycles. The van der Waals surface area contributed by atoms with E-state index < -0.39 is 0 Å². The molecule has 2 heterocycles. The summed E-state index contributed by atoms with van der Waals surface area (Å²) in [6, 6.07) is 8.89. The number of anilines is 1. The summed E-state index contributed by atoms with van der Waals surface area (Å²) in [5, 5.41) is 0. The van der Waals surface area contributed by atoms with Crippen LogP contribution in [0.5, 0.6) is 0 Å². The van der Waals surface area contributed by atoms with Crippen molar-refractivity contribution >= 4 is 5.69 Å². The molecule has 0 saturated carbocycles. The van der Waals surface area contributed by atoms with Crippen molar-refractivity contribution in [3.05, 3.63) is 29.8 Å². The highest BCUT2D eigenvalue weighted by Gasteiger charge is 2.34. The molecular formula is C17H26N2O. The number of aryl methyl sites for hydroxylation is 1. The van der Waals surface area contributed by atoms with Crippen LogP contribution in [0.4, 0.5) is 5.69 Å². The number of rotatable bonds is 3. The molecule has 3 nitrogen and oxygen atoms in total. The summed E-state index contributed by atoms with van der Waals surface area (Å²) in [7, 11) is 0. The van der Waals surface area contributed by atoms with Crippen LogP contribution in [0.2, 0.25) is 0 Å². The zero-order valence-corrected chi connectivity index (χ0v) is 12.3. The van der Waals surface area contributed by atoms with Crippen LogP contribution in [0.25, 0.3) is 0 Å². The van der Waals surface area contributed by atoms with Crippen molar-refractivity contribution in [1.82, 2.24) is 0 Å². The number of nitrogens with zero attached hydrogens (tertiary/aromatic N) is 1. The minimum absolute atomic E-state index is 0.246. The van der Waals surface area contributed by atoms with Gasteiger partial charge in [0.15, 0.2) is 0 Å². The Morgan fingerprint density at radius 2 is 1.95 bits per heavy atom. The standard InChI is InChI=1S/C17H26N2O/c18-13-17(8-11-20-12-9-17)14-19-10-4-3-6-15-5-1-2-7-16(15)19/h1-2,5,7H,3-4,6,8-14,18H2. The van der Waals surface area contributed by atoms with Crippen LogP contribution in [0, 0.1) is 5.41 Å². The molecule has 110 valence electrons. The highest BCUT2D eigenvalue weighted by atomic mass is 16.5. The predicted octanol–water partition coefficient (Wildman–Crippen LogP) is 2.58. The normalized spacial score (nSPS) is 22.1. The van der Waals surface area contributed by atoms with E-state index in [9.17, 15) is 0 Å². The molecule has 1 fully saturated rings. The topological polar surface area (TPSA) is 38.5 Å². The van der Waals surface area contributed by atoms with Crippen LogP contribution in [0.3, 0.4) is 0 Å². The molecular weight excluding hydrogens is 248 g/mol. The first-order chi connectivity index (χ1) is 9.83. The lowest BCUT2D eigenvalue weighted by atomic mass is 9.79. The Balaban J connectivity index is 1.82. The maximum atomic E-state index is 6.13. The Bertz CT molecular complexity index is 440. The number of hydrogen-bond donors (Lipinski definition) is 1. The summed E-state index contributed by atoms with van der Waals surface area (Å²) in [6.07, 6.45) is 5.99. The van der Waals surface area contributed by atoms with Gasteiger partial charge >= 0.3 is 0 Å². The molecule has 1 aromatic carbocycles. The second-order valence-corrected chi connectivity index (χ2v) is 6.32. The number of fused-ring (bicyclic) bond motifs is 1. The first-order valence-corrected chi connectivity index (χ1v) is 7.94. The summed E-state index contributed by atoms with van der Waals surface area (Å²) in [6.45, 7) is 4.76. The van der Waals surface area contributed by atoms with E-state index in [-0.39, 0.29) is 5.41 Å². The van der Waals surface area contributed by atoms with Gasteiger partial charge in [-0.25, -0.2) is 0 Å². The maximum Gasteiger partial charge on any atom is 0.0472 e. The Morgan fingerprint density at radius 1 is 1.15 bits per heavy atom. The van der Waals surface area contributed by atoms with E-state index in [1.54, 1.807) is 0 Å². The van der Waals surface area contributed by atoms with Gasteiger partial charge in [0.1, 0.15) is 0 Å². The third-order valence-electron chi connectivity index (χ3n) is 4.97. The molecule has 0 atom stereocenters. The molecule has 0 spiro atoms. The van der Waals surface area contributed by atoms with Crippen LogP contribution in [0.1, 0.15) is 31.2 Å². The number of nitrogens with two attached hydrogens (primary N) is 1. The van der Waals surface area contributed by atoms with E-state index in [0.29, 0.717) is 0 Å². The van der Waals surface area contributed by atoms with E-state index in [2.05, 4.69) is 29.2 Å². The quantitative estimate of drug-likeness (QED) is 0.920. The highest BCUT2D eigenvalue weighted by molar-refractivity contribution is 5.54. The fraction of sp³-hybridized carbons (Fsp3) is 0.647. The average Bonchev–Trinajstić information content (AvgIpc) is 2.71. The predicted molar refractivity (Wildman–Crippen MR) is 83.1 cm³/mol. The second-order valence-electron chi connectivity index (χ2n) is 6.32. The van der Waals surface area contributed by atoms with Crippen molar-refractivity contribution in [1.29, 1.82) is 0 Å². The molecule has 2 aliphatic rings. The Hall–Kier alpha value is -1.06. The van der Waals surface area contributed by atoms with Gasteiger partial charge in [-0.1, -0.05) is 18.2 Å². The van der Waals surface area contributed by atoms with Crippen LogP contribution in [-0.4, -0.2) is 32.8 Å². The molecule has 3 rings (SSSR count). The SMILES string of the molecule is NCC1(CN2CCCCc3ccccc32)CCOCC1. The van der Waals surface area contributed by atoms with Gasteiger partial charge in [-0.15, -0.1) is 0 Å². The lowest BCUT2D eigenvalue weighted by Gasteiger charge is -2.41. The molecule has 2 aliphatic heterocycles. The largest absolute Gasteiger partial charge is 0.381 e. The summed E-state index contributed by atoms with van der Waals surface area (Å²) < 4.78 is 5.54. The molecule has 0 aromatic heterocycles. The van der Waals surface area contributed by atoms with Crippen molar-refractivity contribution < 1.29 is 4.74 Å². The lowest BCUT2D eigenvalue weighted by Crippen LogP contribution is -2.46. The Kier molecular flexibility index (Phi) is 4.27. The average molecular weight is 274 g/mol. The van der Waals surface area contributed by atoms with E-state index in [0.717, 1.165) is 39.1 Å². The third-order valence-corrected chi connectivity index (χ3v) is 4.97. The molecule has 20 heavy (non-hydrogen) atoms. The summed E-state index contributed by atoms with van der Waals surface area (Å²) in [5.41, 5.74) is 9.32. The van der Waals surface area contributed by atoms with Gasteiger partial charge in [-0.05, 0) is 50.3 Å². The van der Waals surface area contributed by atoms with Gasteiger partial charge in [0.25, 0.3) is 0 Å². The minimum atomic E-state index is 0.246. The van der Waals surface area contributed by atoms with Crippen LogP contribution >= 0.6 is 0 Å². The van der Waals surface area contributed by atoms with Gasteiger partial charge in [0, 0.05) is 37.4 Å². The van der Waals surface area contributed by atoms with Crippen molar-refractivity contribution in [2.24, 2.45) is 11.1 Å². The number of para-hydroxylation sites is 1. The molecule has 3 heteroatoms. The van der Waals surface area contributed by atoms with Gasteiger partial charge in [-0.3, -0.25) is 0 Å². The molecule has 0 unspecified atom stereocenters. The number of hydrogen-bond acceptors (Lipinski definition) is 3. The summed E-state index contributed by atoms with van der Waals surface area (Å²) in [4.78, 5) is 2.58. The first kappa shape index (κ1) is 13.9. The third kappa shape index (κ3) is 2.84. The summed E-state index contributed by atoms with van der Waals surface area (Å²) >= 11 is 0. The van der Waals surface area contributed by atoms with Gasteiger partial charge in [0.05, 0.1) is 0 Å². The van der Waals surface area contributed by atoms with E-state index in [1.165, 1.54) is 37.1 Å². The molecule has 1 saturated heterocycles. The number of ether oxygens (including phenoxy) is 1. The monoisotopic (exact) mass is 274 g/mol. The van der Waals surface area contributed by atoms with Gasteiger partial charge in [0.2, 0.25) is 0 Å². The highest BCUT2D eigenvalue weighted by Crippen LogP contribution is 2.34. The molecule has 0 bridgehead atoms. The molecule has 0 radical (unpaired) electrons. The first-order valence-electron chi connectivity index (χ1n) is 7.94. The van der Waals surface area contributed by atoms with Gasteiger partial charge < -0.3 is 15.4 Å². The minimum Gasteiger partial charge on any atom is -0.381 e. The smallest absolute Gasteiger partial charge is 0.0472 e. The van der Waals surface area contributed by atoms with Crippen LogP contribution < -0.4 is 10.6 Å². The van der Waals surface area contributed by atoms with Crippen LogP contribution in [0.15, 0.2) is 24.3 Å². The Labute approximate surface area is 122 Å². The van der Waals surface area contributed by atoms with E-state index >= 15 is 0 Å². The zero-order valence-electron chi connectivity index (χ0n) is 12.3. The molecule has 2 N–H and O–H groups in total. The van der Waals surface area contributed by atoms with E-state index in [1.807, 2.05) is 0 Å². The molecule has 1 aromatic rings. The fourth-order valence-corrected chi connectivity index (χ4v) is 3.57. The summed E-state index contributed by atoms with van der Waals surface area (Å²) in [5.74, 6) is 0. The van der Waals surface area contributed by atoms with Crippen LogP contribution in [-0.2, 0) is 11.2 Å². The number of benzene rings is 1. The van der Waals surface area contributed by atoms with Gasteiger partial charge in [-0.2, -0.15) is 0 Å². The molecule has 0 amide bonds.